The van der Waals surface area contributed by atoms with E-state index in [-0.39, 0.29) is 5.91 Å². The topological polar surface area (TPSA) is 41.5 Å². The predicted octanol–water partition coefficient (Wildman–Crippen LogP) is 3.82. The molecule has 0 saturated heterocycles. The molecule has 0 saturated carbocycles. The fourth-order valence-electron chi connectivity index (χ4n) is 1.43. The van der Waals surface area contributed by atoms with Crippen molar-refractivity contribution in [2.45, 2.75) is 0 Å². The van der Waals surface area contributed by atoms with Crippen molar-refractivity contribution in [3.8, 4) is 0 Å². The molecule has 0 radical (unpaired) electrons. The number of rotatable bonds is 3. The van der Waals surface area contributed by atoms with E-state index in [0.717, 1.165) is 13.6 Å². The summed E-state index contributed by atoms with van der Waals surface area (Å²) < 4.78 is 1.95. The molecule has 0 aliphatic heterocycles. The maximum absolute atomic E-state index is 11.8. The summed E-state index contributed by atoms with van der Waals surface area (Å²) in [6.45, 7) is 0. The van der Waals surface area contributed by atoms with Crippen LogP contribution in [0.25, 0.3) is 0 Å². The van der Waals surface area contributed by atoms with Gasteiger partial charge in [-0.25, -0.2) is 5.43 Å². The van der Waals surface area contributed by atoms with Gasteiger partial charge in [0.15, 0.2) is 0 Å². The number of carbonyl (C=O) groups excluding carboxylic acids is 1. The fraction of sp³-hybridized carbons (Fsp3) is 0. The summed E-state index contributed by atoms with van der Waals surface area (Å²) in [5.74, 6) is -0.233. The van der Waals surface area contributed by atoms with Crippen LogP contribution in [-0.4, -0.2) is 12.1 Å². The minimum absolute atomic E-state index is 0.233. The molecule has 96 valence electrons. The van der Waals surface area contributed by atoms with Crippen LogP contribution in [0.5, 0.6) is 0 Å². The first-order valence-corrected chi connectivity index (χ1v) is 7.37. The summed E-state index contributed by atoms with van der Waals surface area (Å²) in [5, 5.41) is 3.96. The van der Waals surface area contributed by atoms with Crippen LogP contribution in [0.1, 0.15) is 15.9 Å². The van der Waals surface area contributed by atoms with E-state index in [2.05, 4.69) is 49.0 Å². The Morgan fingerprint density at radius 1 is 1.21 bits per heavy atom. The number of amides is 1. The second-order valence-electron chi connectivity index (χ2n) is 3.73. The van der Waals surface area contributed by atoms with E-state index >= 15 is 0 Å². The molecule has 0 spiro atoms. The molecule has 0 bridgehead atoms. The Balaban J connectivity index is 2.03. The highest BCUT2D eigenvalue weighted by molar-refractivity contribution is 14.1. The maximum atomic E-state index is 11.8. The lowest BCUT2D eigenvalue weighted by molar-refractivity contribution is 0.0955. The van der Waals surface area contributed by atoms with Crippen molar-refractivity contribution in [1.82, 2.24) is 5.43 Å². The van der Waals surface area contributed by atoms with Gasteiger partial charge in [-0.1, -0.05) is 40.2 Å². The summed E-state index contributed by atoms with van der Waals surface area (Å²) in [6.07, 6.45) is 1.64. The zero-order chi connectivity index (χ0) is 13.7. The lowest BCUT2D eigenvalue weighted by Crippen LogP contribution is -2.17. The molecule has 0 heterocycles. The number of hydrogen-bond acceptors (Lipinski definition) is 2. The average Bonchev–Trinajstić information content (AvgIpc) is 2.41. The first kappa shape index (κ1) is 14.2. The molecule has 5 heteroatoms. The second-order valence-corrected chi connectivity index (χ2v) is 5.81. The third-order valence-corrected chi connectivity index (χ3v) is 3.84. The van der Waals surface area contributed by atoms with Gasteiger partial charge in [-0.15, -0.1) is 0 Å². The quantitative estimate of drug-likeness (QED) is 0.450. The van der Waals surface area contributed by atoms with Crippen molar-refractivity contribution >= 4 is 50.6 Å². The predicted molar refractivity (Wildman–Crippen MR) is 88.4 cm³/mol. The standard InChI is InChI=1S/C14H10BrIN2O/c15-12-6-3-5-10(8-12)14(19)18-17-9-11-4-1-2-7-13(11)16/h1-9H,(H,18,19). The number of halogens is 2. The Hall–Kier alpha value is -1.21. The van der Waals surface area contributed by atoms with Crippen molar-refractivity contribution < 1.29 is 4.79 Å². The first-order valence-electron chi connectivity index (χ1n) is 5.50. The Bertz CT molecular complexity index is 628. The van der Waals surface area contributed by atoms with Crippen molar-refractivity contribution in [1.29, 1.82) is 0 Å². The van der Waals surface area contributed by atoms with Crippen molar-refractivity contribution in [3.05, 3.63) is 67.7 Å². The maximum Gasteiger partial charge on any atom is 0.271 e. The Kier molecular flexibility index (Phi) is 5.09. The van der Waals surface area contributed by atoms with Crippen LogP contribution < -0.4 is 5.43 Å². The molecule has 2 aromatic rings. The van der Waals surface area contributed by atoms with E-state index in [9.17, 15) is 4.79 Å². The first-order chi connectivity index (χ1) is 9.16. The minimum atomic E-state index is -0.233. The zero-order valence-electron chi connectivity index (χ0n) is 9.81. The molecule has 0 fully saturated rings. The molecular weight excluding hydrogens is 419 g/mol. The summed E-state index contributed by atoms with van der Waals surface area (Å²) in [5.41, 5.74) is 4.04. The number of hydrazone groups is 1. The smallest absolute Gasteiger partial charge is 0.267 e. The number of benzene rings is 2. The third kappa shape index (κ3) is 4.14. The highest BCUT2D eigenvalue weighted by atomic mass is 127. The van der Waals surface area contributed by atoms with Gasteiger partial charge < -0.3 is 0 Å². The van der Waals surface area contributed by atoms with E-state index in [0.29, 0.717) is 5.56 Å². The van der Waals surface area contributed by atoms with Gasteiger partial charge in [0.1, 0.15) is 0 Å². The Labute approximate surface area is 133 Å². The van der Waals surface area contributed by atoms with Crippen LogP contribution in [0.3, 0.4) is 0 Å². The fourth-order valence-corrected chi connectivity index (χ4v) is 2.36. The largest absolute Gasteiger partial charge is 0.271 e. The van der Waals surface area contributed by atoms with Gasteiger partial charge in [-0.05, 0) is 46.9 Å². The van der Waals surface area contributed by atoms with Crippen LogP contribution in [0, 0.1) is 3.57 Å². The van der Waals surface area contributed by atoms with Crippen LogP contribution in [0.2, 0.25) is 0 Å². The summed E-state index contributed by atoms with van der Waals surface area (Å²) in [7, 11) is 0. The van der Waals surface area contributed by atoms with E-state index < -0.39 is 0 Å². The van der Waals surface area contributed by atoms with Gasteiger partial charge in [0.2, 0.25) is 0 Å². The molecule has 2 aromatic carbocycles. The molecule has 1 N–H and O–H groups in total. The van der Waals surface area contributed by atoms with E-state index in [1.165, 1.54) is 0 Å². The lowest BCUT2D eigenvalue weighted by Gasteiger charge is -2.00. The molecule has 2 rings (SSSR count). The molecule has 0 atom stereocenters. The van der Waals surface area contributed by atoms with Gasteiger partial charge >= 0.3 is 0 Å². The highest BCUT2D eigenvalue weighted by Gasteiger charge is 2.03. The Morgan fingerprint density at radius 2 is 2.00 bits per heavy atom. The van der Waals surface area contributed by atoms with Crippen LogP contribution in [0.4, 0.5) is 0 Å². The van der Waals surface area contributed by atoms with Crippen LogP contribution in [0.15, 0.2) is 58.1 Å². The number of nitrogens with zero attached hydrogens (tertiary/aromatic N) is 1. The average molecular weight is 429 g/mol. The molecule has 19 heavy (non-hydrogen) atoms. The molecule has 0 aliphatic carbocycles. The van der Waals surface area contributed by atoms with Gasteiger partial charge in [0, 0.05) is 19.2 Å². The monoisotopic (exact) mass is 428 g/mol. The minimum Gasteiger partial charge on any atom is -0.267 e. The van der Waals surface area contributed by atoms with Gasteiger partial charge in [0.25, 0.3) is 5.91 Å². The second kappa shape index (κ2) is 6.81. The van der Waals surface area contributed by atoms with Crippen molar-refractivity contribution in [2.24, 2.45) is 5.10 Å². The van der Waals surface area contributed by atoms with Crippen molar-refractivity contribution in [2.75, 3.05) is 0 Å². The molecule has 0 aromatic heterocycles. The molecule has 0 unspecified atom stereocenters. The van der Waals surface area contributed by atoms with Gasteiger partial charge in [-0.3, -0.25) is 4.79 Å². The third-order valence-electron chi connectivity index (χ3n) is 2.36. The van der Waals surface area contributed by atoms with Crippen LogP contribution in [-0.2, 0) is 0 Å². The van der Waals surface area contributed by atoms with E-state index in [1.807, 2.05) is 36.4 Å². The summed E-state index contributed by atoms with van der Waals surface area (Å²) >= 11 is 5.55. The SMILES string of the molecule is O=C(NN=Cc1ccccc1I)c1cccc(Br)c1. The summed E-state index contributed by atoms with van der Waals surface area (Å²) in [6, 6.07) is 15.0. The number of nitrogens with one attached hydrogen (secondary N) is 1. The van der Waals surface area contributed by atoms with Gasteiger partial charge in [0.05, 0.1) is 6.21 Å². The Morgan fingerprint density at radius 3 is 2.74 bits per heavy atom. The summed E-state index contributed by atoms with van der Waals surface area (Å²) in [4.78, 5) is 11.8. The van der Waals surface area contributed by atoms with E-state index in [1.54, 1.807) is 18.3 Å². The van der Waals surface area contributed by atoms with Gasteiger partial charge in [-0.2, -0.15) is 5.10 Å². The number of hydrogen-bond donors (Lipinski definition) is 1. The zero-order valence-corrected chi connectivity index (χ0v) is 13.6. The normalized spacial score (nSPS) is 10.6. The molecular formula is C14H10BrIN2O. The number of carbonyl (C=O) groups is 1. The van der Waals surface area contributed by atoms with E-state index in [4.69, 9.17) is 0 Å². The lowest BCUT2D eigenvalue weighted by atomic mass is 10.2. The van der Waals surface area contributed by atoms with Crippen LogP contribution >= 0.6 is 38.5 Å². The highest BCUT2D eigenvalue weighted by Crippen LogP contribution is 2.11. The molecule has 1 amide bonds. The molecule has 3 nitrogen and oxygen atoms in total. The van der Waals surface area contributed by atoms with Crippen molar-refractivity contribution in [3.63, 3.8) is 0 Å². The molecule has 0 aliphatic rings.